The van der Waals surface area contributed by atoms with Crippen molar-refractivity contribution in [2.75, 3.05) is 20.6 Å². The van der Waals surface area contributed by atoms with Gasteiger partial charge in [-0.2, -0.15) is 5.10 Å². The second-order valence-electron chi connectivity index (χ2n) is 7.72. The average molecular weight is 529 g/mol. The van der Waals surface area contributed by atoms with Crippen LogP contribution in [-0.4, -0.2) is 52.3 Å². The molecule has 3 rings (SSSR count). The number of hydrogen-bond donors (Lipinski definition) is 2. The summed E-state index contributed by atoms with van der Waals surface area (Å²) in [4.78, 5) is 11.3. The van der Waals surface area contributed by atoms with Crippen molar-refractivity contribution >= 4 is 29.9 Å². The molecule has 1 aliphatic heterocycles. The third kappa shape index (κ3) is 6.63. The molecule has 0 amide bonds. The zero-order chi connectivity index (χ0) is 20.8. The maximum Gasteiger partial charge on any atom is 0.191 e. The summed E-state index contributed by atoms with van der Waals surface area (Å²) in [6, 6.07) is 5.49. The van der Waals surface area contributed by atoms with Gasteiger partial charge in [0.1, 0.15) is 11.6 Å². The van der Waals surface area contributed by atoms with Crippen LogP contribution >= 0.6 is 24.0 Å². The first kappa shape index (κ1) is 24.5. The van der Waals surface area contributed by atoms with E-state index in [2.05, 4.69) is 27.6 Å². The number of hydrogen-bond acceptors (Lipinski definition) is 4. The van der Waals surface area contributed by atoms with Crippen LogP contribution in [0.5, 0.6) is 0 Å². The molecule has 1 aromatic carbocycles. The van der Waals surface area contributed by atoms with Gasteiger partial charge < -0.3 is 15.5 Å². The Morgan fingerprint density at radius 2 is 2.13 bits per heavy atom. The summed E-state index contributed by atoms with van der Waals surface area (Å²) in [5.74, 6) is 2.58. The van der Waals surface area contributed by atoms with Gasteiger partial charge in [-0.25, -0.2) is 19.0 Å². The van der Waals surface area contributed by atoms with Gasteiger partial charge in [0.15, 0.2) is 11.8 Å². The predicted molar refractivity (Wildman–Crippen MR) is 129 cm³/mol. The number of aliphatic imine (C=N–C) groups is 1. The highest BCUT2D eigenvalue weighted by Gasteiger charge is 2.22. The molecule has 7 nitrogen and oxygen atoms in total. The van der Waals surface area contributed by atoms with E-state index in [0.29, 0.717) is 18.7 Å². The van der Waals surface area contributed by atoms with E-state index in [-0.39, 0.29) is 35.8 Å². The third-order valence-corrected chi connectivity index (χ3v) is 4.92. The molecule has 1 atom stereocenters. The van der Waals surface area contributed by atoms with Crippen molar-refractivity contribution in [3.05, 3.63) is 46.8 Å². The van der Waals surface area contributed by atoms with E-state index in [4.69, 9.17) is 4.99 Å². The van der Waals surface area contributed by atoms with Gasteiger partial charge in [-0.05, 0) is 45.1 Å². The van der Waals surface area contributed by atoms with Crippen LogP contribution in [0.25, 0.3) is 0 Å². The Bertz CT molecular complexity index is 850. The molecule has 30 heavy (non-hydrogen) atoms. The maximum absolute atomic E-state index is 14.0. The number of benzene rings is 1. The molecular formula is C21H33FIN7. The average Bonchev–Trinajstić information content (AvgIpc) is 3.10. The minimum absolute atomic E-state index is 0. The van der Waals surface area contributed by atoms with Gasteiger partial charge in [0.2, 0.25) is 0 Å². The molecule has 0 aliphatic carbocycles. The van der Waals surface area contributed by atoms with Crippen LogP contribution in [0, 0.1) is 5.82 Å². The molecule has 1 aliphatic rings. The Kier molecular flexibility index (Phi) is 9.47. The van der Waals surface area contributed by atoms with Crippen LogP contribution in [-0.2, 0) is 32.5 Å². The van der Waals surface area contributed by atoms with Crippen molar-refractivity contribution in [3.63, 3.8) is 0 Å². The normalized spacial score (nSPS) is 16.2. The molecular weight excluding hydrogens is 496 g/mol. The Morgan fingerprint density at radius 3 is 2.83 bits per heavy atom. The highest BCUT2D eigenvalue weighted by Crippen LogP contribution is 2.15. The molecule has 1 aromatic heterocycles. The van der Waals surface area contributed by atoms with E-state index >= 15 is 0 Å². The van der Waals surface area contributed by atoms with Gasteiger partial charge in [0, 0.05) is 37.5 Å². The molecule has 0 radical (unpaired) electrons. The number of aromatic nitrogens is 3. The van der Waals surface area contributed by atoms with Crippen molar-refractivity contribution in [2.45, 2.75) is 58.8 Å². The van der Waals surface area contributed by atoms with E-state index in [1.165, 1.54) is 6.07 Å². The summed E-state index contributed by atoms with van der Waals surface area (Å²) in [6.45, 7) is 6.76. The van der Waals surface area contributed by atoms with Gasteiger partial charge >= 0.3 is 0 Å². The second-order valence-corrected chi connectivity index (χ2v) is 7.72. The van der Waals surface area contributed by atoms with Crippen LogP contribution in [0.2, 0.25) is 0 Å². The number of guanidine groups is 1. The maximum atomic E-state index is 14.0. The van der Waals surface area contributed by atoms with Gasteiger partial charge in [-0.15, -0.1) is 24.0 Å². The summed E-state index contributed by atoms with van der Waals surface area (Å²) >= 11 is 0. The lowest BCUT2D eigenvalue weighted by Gasteiger charge is -2.25. The molecule has 9 heteroatoms. The van der Waals surface area contributed by atoms with Crippen LogP contribution in [0.15, 0.2) is 23.2 Å². The van der Waals surface area contributed by atoms with E-state index in [1.807, 2.05) is 36.7 Å². The van der Waals surface area contributed by atoms with Crippen LogP contribution in [0.1, 0.15) is 43.0 Å². The fourth-order valence-corrected chi connectivity index (χ4v) is 3.50. The number of fused-ring (bicyclic) bond motifs is 1. The highest BCUT2D eigenvalue weighted by molar-refractivity contribution is 14.0. The van der Waals surface area contributed by atoms with Crippen molar-refractivity contribution in [2.24, 2.45) is 4.99 Å². The number of halogens is 2. The number of nitrogens with one attached hydrogen (secondary N) is 2. The fraction of sp³-hybridized carbons (Fsp3) is 0.571. The minimum Gasteiger partial charge on any atom is -0.357 e. The van der Waals surface area contributed by atoms with Gasteiger partial charge in [0.25, 0.3) is 0 Å². The summed E-state index contributed by atoms with van der Waals surface area (Å²) in [5, 5.41) is 11.4. The van der Waals surface area contributed by atoms with E-state index in [1.54, 1.807) is 6.07 Å². The first-order chi connectivity index (χ1) is 14.0. The largest absolute Gasteiger partial charge is 0.357 e. The summed E-state index contributed by atoms with van der Waals surface area (Å²) in [6.07, 6.45) is 2.77. The van der Waals surface area contributed by atoms with E-state index in [0.717, 1.165) is 55.5 Å². The van der Waals surface area contributed by atoms with Crippen LogP contribution in [0.4, 0.5) is 4.39 Å². The van der Waals surface area contributed by atoms with Crippen LogP contribution < -0.4 is 10.6 Å². The first-order valence-electron chi connectivity index (χ1n) is 10.4. The Balaban J connectivity index is 0.00000320. The first-order valence-corrected chi connectivity index (χ1v) is 10.4. The molecule has 0 saturated carbocycles. The molecule has 166 valence electrons. The molecule has 1 unspecified atom stereocenters. The zero-order valence-electron chi connectivity index (χ0n) is 18.3. The fourth-order valence-electron chi connectivity index (χ4n) is 3.50. The number of nitrogens with zero attached hydrogens (tertiary/aromatic N) is 5. The van der Waals surface area contributed by atoms with Gasteiger partial charge in [-0.1, -0.05) is 13.0 Å². The zero-order valence-corrected chi connectivity index (χ0v) is 20.6. The number of rotatable bonds is 7. The lowest BCUT2D eigenvalue weighted by atomic mass is 10.1. The summed E-state index contributed by atoms with van der Waals surface area (Å²) in [5.41, 5.74) is 1.69. The quantitative estimate of drug-likeness (QED) is 0.328. The SMILES string of the molecule is CCNC(=NCc1ccc(F)c(CN(C)C)c1)NC1CCc2nc(CC)nn2C1.I. The molecule has 0 fully saturated rings. The van der Waals surface area contributed by atoms with Crippen molar-refractivity contribution in [3.8, 4) is 0 Å². The molecule has 2 heterocycles. The lowest BCUT2D eigenvalue weighted by molar-refractivity contribution is 0.391. The Labute approximate surface area is 195 Å². The Morgan fingerprint density at radius 1 is 1.33 bits per heavy atom. The Hall–Kier alpha value is -1.75. The number of aryl methyl sites for hydroxylation is 2. The monoisotopic (exact) mass is 529 g/mol. The van der Waals surface area contributed by atoms with Crippen molar-refractivity contribution in [1.29, 1.82) is 0 Å². The molecule has 2 aromatic rings. The van der Waals surface area contributed by atoms with E-state index in [9.17, 15) is 4.39 Å². The molecule has 2 N–H and O–H groups in total. The van der Waals surface area contributed by atoms with Crippen LogP contribution in [0.3, 0.4) is 0 Å². The smallest absolute Gasteiger partial charge is 0.191 e. The topological polar surface area (TPSA) is 70.4 Å². The lowest BCUT2D eigenvalue weighted by Crippen LogP contribution is -2.47. The second kappa shape index (κ2) is 11.6. The molecule has 0 bridgehead atoms. The standard InChI is InChI=1S/C21H32FN7.HI/c1-5-19-26-20-10-8-17(14-29(20)27-19)25-21(23-6-2)24-12-15-7-9-18(22)16(11-15)13-28(3)4;/h7,9,11,17H,5-6,8,10,12-14H2,1-4H3,(H2,23,24,25);1H. The summed E-state index contributed by atoms with van der Waals surface area (Å²) < 4.78 is 16.0. The van der Waals surface area contributed by atoms with Gasteiger partial charge in [-0.3, -0.25) is 0 Å². The van der Waals surface area contributed by atoms with Gasteiger partial charge in [0.05, 0.1) is 13.1 Å². The predicted octanol–water partition coefficient (Wildman–Crippen LogP) is 2.73. The van der Waals surface area contributed by atoms with Crippen molar-refractivity contribution < 1.29 is 4.39 Å². The molecule has 0 spiro atoms. The van der Waals surface area contributed by atoms with E-state index < -0.39 is 0 Å². The molecule has 0 saturated heterocycles. The minimum atomic E-state index is -0.172. The summed E-state index contributed by atoms with van der Waals surface area (Å²) in [7, 11) is 3.87. The third-order valence-electron chi connectivity index (χ3n) is 4.92. The van der Waals surface area contributed by atoms with Crippen molar-refractivity contribution in [1.82, 2.24) is 30.3 Å². The highest BCUT2D eigenvalue weighted by atomic mass is 127.